The van der Waals surface area contributed by atoms with Gasteiger partial charge in [-0.2, -0.15) is 0 Å². The average Bonchev–Trinajstić information content (AvgIpc) is 3.22. The van der Waals surface area contributed by atoms with Crippen LogP contribution in [0.4, 0.5) is 8.78 Å². The lowest BCUT2D eigenvalue weighted by molar-refractivity contribution is -0.119. The van der Waals surface area contributed by atoms with Gasteiger partial charge in [0.05, 0.1) is 23.9 Å². The molecule has 31 heavy (non-hydrogen) atoms. The number of pyridine rings is 1. The minimum Gasteiger partial charge on any atom is -0.389 e. The van der Waals surface area contributed by atoms with E-state index in [0.29, 0.717) is 12.0 Å². The molecule has 1 fully saturated rings. The molecule has 4 rings (SSSR count). The van der Waals surface area contributed by atoms with Crippen LogP contribution in [0.5, 0.6) is 0 Å². The smallest absolute Gasteiger partial charge is 0.186 e. The summed E-state index contributed by atoms with van der Waals surface area (Å²) in [7, 11) is 0. The molecule has 0 bridgehead atoms. The molecular weight excluding hydrogens is 424 g/mol. The zero-order chi connectivity index (χ0) is 22.1. The lowest BCUT2D eigenvalue weighted by Gasteiger charge is -2.37. The number of nitrogens with two attached hydrogens (primary N) is 1. The summed E-state index contributed by atoms with van der Waals surface area (Å²) < 4.78 is 34.0. The summed E-state index contributed by atoms with van der Waals surface area (Å²) in [5.74, 6) is -1.77. The van der Waals surface area contributed by atoms with Crippen LogP contribution in [-0.2, 0) is 11.2 Å². The topological polar surface area (TPSA) is 98.3 Å². The Morgan fingerprint density at radius 1 is 1.32 bits per heavy atom. The molecule has 3 heterocycles. The van der Waals surface area contributed by atoms with Gasteiger partial charge in [0.1, 0.15) is 22.3 Å². The van der Waals surface area contributed by atoms with E-state index < -0.39 is 29.9 Å². The van der Waals surface area contributed by atoms with Gasteiger partial charge in [0.15, 0.2) is 5.78 Å². The molecule has 0 amide bonds. The van der Waals surface area contributed by atoms with Crippen molar-refractivity contribution in [2.24, 2.45) is 5.73 Å². The Balaban J connectivity index is 1.56. The van der Waals surface area contributed by atoms with Crippen LogP contribution in [0.25, 0.3) is 10.6 Å². The fourth-order valence-corrected chi connectivity index (χ4v) is 4.58. The monoisotopic (exact) mass is 445 g/mol. The van der Waals surface area contributed by atoms with Gasteiger partial charge >= 0.3 is 0 Å². The second-order valence-electron chi connectivity index (χ2n) is 7.53. The van der Waals surface area contributed by atoms with Gasteiger partial charge in [-0.15, -0.1) is 11.3 Å². The van der Waals surface area contributed by atoms with Crippen molar-refractivity contribution in [2.45, 2.75) is 44.1 Å². The van der Waals surface area contributed by atoms with Crippen molar-refractivity contribution < 1.29 is 23.4 Å². The molecule has 9 heteroatoms. The summed E-state index contributed by atoms with van der Waals surface area (Å²) in [4.78, 5) is 21.1. The molecule has 4 atom stereocenters. The van der Waals surface area contributed by atoms with Gasteiger partial charge in [-0.1, -0.05) is 6.07 Å². The Hall–Kier alpha value is -2.59. The van der Waals surface area contributed by atoms with Crippen LogP contribution in [0.2, 0.25) is 0 Å². The number of ether oxygens (including phenoxy) is 1. The Kier molecular flexibility index (Phi) is 6.19. The Morgan fingerprint density at radius 2 is 2.06 bits per heavy atom. The van der Waals surface area contributed by atoms with Gasteiger partial charge in [0.2, 0.25) is 0 Å². The summed E-state index contributed by atoms with van der Waals surface area (Å²) in [6.45, 7) is 1.75. The molecule has 0 saturated carbocycles. The summed E-state index contributed by atoms with van der Waals surface area (Å²) in [5.41, 5.74) is 7.35. The molecule has 6 nitrogen and oxygen atoms in total. The Bertz CT molecular complexity index is 1070. The van der Waals surface area contributed by atoms with Crippen LogP contribution in [0, 0.1) is 11.6 Å². The van der Waals surface area contributed by atoms with E-state index in [2.05, 4.69) is 9.97 Å². The predicted molar refractivity (Wildman–Crippen MR) is 112 cm³/mol. The number of hydrogen-bond donors (Lipinski definition) is 2. The van der Waals surface area contributed by atoms with Gasteiger partial charge in [-0.25, -0.2) is 13.8 Å². The fourth-order valence-electron chi connectivity index (χ4n) is 3.71. The van der Waals surface area contributed by atoms with Crippen LogP contribution in [0.15, 0.2) is 42.0 Å². The summed E-state index contributed by atoms with van der Waals surface area (Å²) >= 11 is 1.01. The SMILES string of the molecule is C[C@H]1O[C@@H](c2ccncc2CC(=O)c2csc(-c3c(F)cccc3F)n2)C[C@@H](N)[C@@H]1O. The zero-order valence-electron chi connectivity index (χ0n) is 16.7. The number of Topliss-reactive ketones (excluding diaryl/α,β-unsaturated/α-hetero) is 1. The molecule has 3 N–H and O–H groups in total. The minimum absolute atomic E-state index is 0.00185. The number of carbonyl (C=O) groups excluding carboxylic acids is 1. The first-order valence-corrected chi connectivity index (χ1v) is 10.7. The molecule has 2 aromatic heterocycles. The molecule has 0 radical (unpaired) electrons. The highest BCUT2D eigenvalue weighted by atomic mass is 32.1. The lowest BCUT2D eigenvalue weighted by Crippen LogP contribution is -2.48. The number of aliphatic hydroxyl groups excluding tert-OH is 1. The second kappa shape index (κ2) is 8.88. The molecule has 0 unspecified atom stereocenters. The van der Waals surface area contributed by atoms with Crippen molar-refractivity contribution >= 4 is 17.1 Å². The van der Waals surface area contributed by atoms with Crippen molar-refractivity contribution in [3.05, 3.63) is 70.5 Å². The number of aliphatic hydroxyl groups is 1. The van der Waals surface area contributed by atoms with E-state index >= 15 is 0 Å². The van der Waals surface area contributed by atoms with Crippen LogP contribution in [0.3, 0.4) is 0 Å². The molecule has 1 aliphatic heterocycles. The van der Waals surface area contributed by atoms with Crippen LogP contribution < -0.4 is 5.73 Å². The zero-order valence-corrected chi connectivity index (χ0v) is 17.5. The third-order valence-corrected chi connectivity index (χ3v) is 6.25. The molecule has 1 saturated heterocycles. The third-order valence-electron chi connectivity index (χ3n) is 5.39. The van der Waals surface area contributed by atoms with Crippen LogP contribution >= 0.6 is 11.3 Å². The molecular formula is C22H21F2N3O3S. The Labute approximate surface area is 181 Å². The van der Waals surface area contributed by atoms with E-state index in [4.69, 9.17) is 10.5 Å². The van der Waals surface area contributed by atoms with E-state index in [1.165, 1.54) is 11.4 Å². The highest BCUT2D eigenvalue weighted by Crippen LogP contribution is 2.33. The summed E-state index contributed by atoms with van der Waals surface area (Å²) in [6, 6.07) is 4.90. The molecule has 162 valence electrons. The van der Waals surface area contributed by atoms with Gasteiger partial charge in [-0.05, 0) is 42.7 Å². The predicted octanol–water partition coefficient (Wildman–Crippen LogP) is 3.45. The summed E-state index contributed by atoms with van der Waals surface area (Å²) in [5, 5.41) is 11.6. The van der Waals surface area contributed by atoms with Gasteiger partial charge in [0.25, 0.3) is 0 Å². The van der Waals surface area contributed by atoms with E-state index in [0.717, 1.165) is 29.0 Å². The van der Waals surface area contributed by atoms with Crippen molar-refractivity contribution in [1.29, 1.82) is 0 Å². The van der Waals surface area contributed by atoms with Crippen LogP contribution in [0.1, 0.15) is 41.1 Å². The first-order valence-electron chi connectivity index (χ1n) is 9.80. The standard InChI is InChI=1S/C22H21F2N3O3S/c1-11-21(29)16(25)8-19(30-11)13-5-6-26-9-12(13)7-18(28)17-10-31-22(27-17)20-14(23)3-2-4-15(20)24/h2-6,9-11,16,19,21,29H,7-8,25H2,1H3/t11-,16-,19-,21-/m1/s1. The minimum atomic E-state index is -0.754. The van der Waals surface area contributed by atoms with Crippen molar-refractivity contribution in [3.8, 4) is 10.6 Å². The molecule has 1 aliphatic rings. The Morgan fingerprint density at radius 3 is 2.77 bits per heavy atom. The quantitative estimate of drug-likeness (QED) is 0.584. The number of rotatable bonds is 5. The highest BCUT2D eigenvalue weighted by Gasteiger charge is 2.34. The third kappa shape index (κ3) is 4.40. The molecule has 3 aromatic rings. The van der Waals surface area contributed by atoms with Crippen LogP contribution in [-0.4, -0.2) is 39.1 Å². The van der Waals surface area contributed by atoms with E-state index in [-0.39, 0.29) is 34.6 Å². The van der Waals surface area contributed by atoms with E-state index in [1.807, 2.05) is 0 Å². The number of thiazole rings is 1. The van der Waals surface area contributed by atoms with Gasteiger partial charge in [-0.3, -0.25) is 9.78 Å². The van der Waals surface area contributed by atoms with Gasteiger partial charge < -0.3 is 15.6 Å². The first-order chi connectivity index (χ1) is 14.8. The second-order valence-corrected chi connectivity index (χ2v) is 8.39. The number of nitrogens with zero attached hydrogens (tertiary/aromatic N) is 2. The number of hydrogen-bond acceptors (Lipinski definition) is 7. The average molecular weight is 445 g/mol. The maximum atomic E-state index is 14.0. The molecule has 0 aliphatic carbocycles. The number of aromatic nitrogens is 2. The number of benzene rings is 1. The van der Waals surface area contributed by atoms with E-state index in [9.17, 15) is 18.7 Å². The highest BCUT2D eigenvalue weighted by molar-refractivity contribution is 7.13. The van der Waals surface area contributed by atoms with Crippen molar-refractivity contribution in [3.63, 3.8) is 0 Å². The maximum Gasteiger partial charge on any atom is 0.186 e. The van der Waals surface area contributed by atoms with Gasteiger partial charge in [0, 0.05) is 30.2 Å². The largest absolute Gasteiger partial charge is 0.389 e. The molecule has 1 aromatic carbocycles. The van der Waals surface area contributed by atoms with Crippen molar-refractivity contribution in [1.82, 2.24) is 9.97 Å². The number of halogens is 2. The number of carbonyl (C=O) groups is 1. The first kappa shape index (κ1) is 21.6. The molecule has 0 spiro atoms. The lowest BCUT2D eigenvalue weighted by atomic mass is 9.90. The fraction of sp³-hybridized carbons (Fsp3) is 0.318. The number of ketones is 1. The van der Waals surface area contributed by atoms with Crippen molar-refractivity contribution in [2.75, 3.05) is 0 Å². The van der Waals surface area contributed by atoms with E-state index in [1.54, 1.807) is 25.4 Å². The maximum absolute atomic E-state index is 14.0. The summed E-state index contributed by atoms with van der Waals surface area (Å²) in [6.07, 6.45) is 2.02. The normalized spacial score (nSPS) is 23.6.